The summed E-state index contributed by atoms with van der Waals surface area (Å²) in [5.74, 6) is 0.391. The Hall–Kier alpha value is -4.38. The Morgan fingerprint density at radius 1 is 0.921 bits per heavy atom. The standard InChI is InChI=1S/C27H23ClN4O5S/c1-36-23-15-24(37-19-6-4-5-18(13-19)26(29)30)22(14-21(23)28)32-27(33)17-11-9-16(10-12-17)20-7-2-3-8-25(20)38(31,34)35/h2-15H,1H3,(H3,29,30)(H,32,33)(H2,31,34,35). The van der Waals surface area contributed by atoms with Crippen LogP contribution in [-0.4, -0.2) is 27.3 Å². The number of carbonyl (C=O) groups excluding carboxylic acids is 1. The molecular weight excluding hydrogens is 528 g/mol. The maximum absolute atomic E-state index is 13.1. The first kappa shape index (κ1) is 26.7. The molecule has 0 bridgehead atoms. The van der Waals surface area contributed by atoms with Gasteiger partial charge in [-0.2, -0.15) is 0 Å². The van der Waals surface area contributed by atoms with Crippen LogP contribution in [-0.2, 0) is 10.0 Å². The molecule has 9 nitrogen and oxygen atoms in total. The highest BCUT2D eigenvalue weighted by Crippen LogP contribution is 2.39. The Labute approximate surface area is 224 Å². The van der Waals surface area contributed by atoms with E-state index in [1.54, 1.807) is 66.7 Å². The van der Waals surface area contributed by atoms with Gasteiger partial charge in [-0.25, -0.2) is 13.6 Å². The minimum absolute atomic E-state index is 0.0132. The predicted octanol–water partition coefficient (Wildman–Crippen LogP) is 4.99. The van der Waals surface area contributed by atoms with Crippen molar-refractivity contribution in [2.75, 3.05) is 12.4 Å². The fraction of sp³-hybridized carbons (Fsp3) is 0.0370. The van der Waals surface area contributed by atoms with Crippen LogP contribution < -0.4 is 25.7 Å². The van der Waals surface area contributed by atoms with Crippen LogP contribution in [0.5, 0.6) is 17.2 Å². The van der Waals surface area contributed by atoms with E-state index >= 15 is 0 Å². The zero-order valence-electron chi connectivity index (χ0n) is 20.1. The van der Waals surface area contributed by atoms with Gasteiger partial charge in [-0.3, -0.25) is 10.2 Å². The van der Waals surface area contributed by atoms with Crippen LogP contribution in [0.1, 0.15) is 15.9 Å². The molecule has 0 aromatic heterocycles. The smallest absolute Gasteiger partial charge is 0.255 e. The molecule has 0 saturated heterocycles. The number of primary sulfonamides is 1. The third-order valence-corrected chi connectivity index (χ3v) is 6.79. The van der Waals surface area contributed by atoms with Gasteiger partial charge in [0.25, 0.3) is 5.91 Å². The first-order chi connectivity index (χ1) is 18.1. The van der Waals surface area contributed by atoms with Crippen molar-refractivity contribution in [3.05, 3.63) is 101 Å². The summed E-state index contributed by atoms with van der Waals surface area (Å²) < 4.78 is 35.2. The van der Waals surface area contributed by atoms with Gasteiger partial charge in [0.15, 0.2) is 5.75 Å². The average Bonchev–Trinajstić information content (AvgIpc) is 2.90. The quantitative estimate of drug-likeness (QED) is 0.179. The first-order valence-electron chi connectivity index (χ1n) is 11.1. The van der Waals surface area contributed by atoms with Crippen molar-refractivity contribution in [3.8, 4) is 28.4 Å². The lowest BCUT2D eigenvalue weighted by Crippen LogP contribution is -2.14. The molecule has 6 N–H and O–H groups in total. The number of amides is 1. The monoisotopic (exact) mass is 550 g/mol. The summed E-state index contributed by atoms with van der Waals surface area (Å²) in [4.78, 5) is 13.1. The second kappa shape index (κ2) is 10.9. The Bertz CT molecular complexity index is 1640. The third kappa shape index (κ3) is 5.94. The Morgan fingerprint density at radius 2 is 1.63 bits per heavy atom. The molecule has 194 valence electrons. The van der Waals surface area contributed by atoms with E-state index in [4.69, 9.17) is 37.4 Å². The van der Waals surface area contributed by atoms with E-state index in [-0.39, 0.29) is 27.2 Å². The van der Waals surface area contributed by atoms with E-state index in [1.165, 1.54) is 25.3 Å². The van der Waals surface area contributed by atoms with Gasteiger partial charge in [-0.1, -0.05) is 54.1 Å². The van der Waals surface area contributed by atoms with Crippen molar-refractivity contribution >= 4 is 39.1 Å². The highest BCUT2D eigenvalue weighted by Gasteiger charge is 2.17. The van der Waals surface area contributed by atoms with Gasteiger partial charge < -0.3 is 20.5 Å². The molecule has 11 heteroatoms. The summed E-state index contributed by atoms with van der Waals surface area (Å²) in [5.41, 5.74) is 7.63. The van der Waals surface area contributed by atoms with Crippen molar-refractivity contribution in [2.24, 2.45) is 10.9 Å². The molecule has 0 fully saturated rings. The van der Waals surface area contributed by atoms with Gasteiger partial charge in [0.2, 0.25) is 10.0 Å². The number of anilines is 1. The highest BCUT2D eigenvalue weighted by molar-refractivity contribution is 7.89. The van der Waals surface area contributed by atoms with Crippen LogP contribution in [0.25, 0.3) is 11.1 Å². The molecule has 0 aliphatic carbocycles. The Kier molecular flexibility index (Phi) is 7.67. The number of amidine groups is 1. The number of nitrogens with two attached hydrogens (primary N) is 2. The maximum atomic E-state index is 13.1. The van der Waals surface area contributed by atoms with Crippen molar-refractivity contribution in [1.29, 1.82) is 5.41 Å². The van der Waals surface area contributed by atoms with Crippen LogP contribution in [0.3, 0.4) is 0 Å². The summed E-state index contributed by atoms with van der Waals surface area (Å²) >= 11 is 6.31. The number of halogens is 1. The number of methoxy groups -OCH3 is 1. The number of nitrogens with one attached hydrogen (secondary N) is 2. The summed E-state index contributed by atoms with van der Waals surface area (Å²) in [7, 11) is -2.48. The molecular formula is C27H23ClN4O5S. The van der Waals surface area contributed by atoms with Crippen LogP contribution in [0.2, 0.25) is 5.02 Å². The SMILES string of the molecule is COc1cc(Oc2cccc(C(=N)N)c2)c(NC(=O)c2ccc(-c3ccccc3S(N)(=O)=O)cc2)cc1Cl. The van der Waals surface area contributed by atoms with E-state index in [9.17, 15) is 13.2 Å². The van der Waals surface area contributed by atoms with Crippen molar-refractivity contribution in [3.63, 3.8) is 0 Å². The number of sulfonamides is 1. The minimum atomic E-state index is -3.93. The molecule has 4 aromatic rings. The largest absolute Gasteiger partial charge is 0.495 e. The zero-order valence-corrected chi connectivity index (χ0v) is 21.6. The minimum Gasteiger partial charge on any atom is -0.495 e. The van der Waals surface area contributed by atoms with Crippen molar-refractivity contribution in [2.45, 2.75) is 4.90 Å². The molecule has 0 unspecified atom stereocenters. The number of ether oxygens (including phenoxy) is 2. The highest BCUT2D eigenvalue weighted by atomic mass is 35.5. The van der Waals surface area contributed by atoms with Gasteiger partial charge >= 0.3 is 0 Å². The molecule has 0 saturated carbocycles. The first-order valence-corrected chi connectivity index (χ1v) is 13.0. The molecule has 4 rings (SSSR count). The number of carbonyl (C=O) groups is 1. The lowest BCUT2D eigenvalue weighted by atomic mass is 10.0. The summed E-state index contributed by atoms with van der Waals surface area (Å²) in [6.07, 6.45) is 0. The number of nitrogen functional groups attached to an aromatic ring is 1. The fourth-order valence-corrected chi connectivity index (χ4v) is 4.68. The van der Waals surface area contributed by atoms with Crippen molar-refractivity contribution in [1.82, 2.24) is 0 Å². The molecule has 0 radical (unpaired) electrons. The van der Waals surface area contributed by atoms with Gasteiger partial charge in [0.1, 0.15) is 17.3 Å². The number of benzene rings is 4. The van der Waals surface area contributed by atoms with Crippen LogP contribution in [0, 0.1) is 5.41 Å². The fourth-order valence-electron chi connectivity index (χ4n) is 3.68. The second-order valence-electron chi connectivity index (χ2n) is 8.10. The van der Waals surface area contributed by atoms with Crippen LogP contribution in [0.15, 0.2) is 89.8 Å². The summed E-state index contributed by atoms with van der Waals surface area (Å²) in [5, 5.41) is 16.0. The van der Waals surface area contributed by atoms with E-state index in [0.29, 0.717) is 33.8 Å². The van der Waals surface area contributed by atoms with E-state index in [1.807, 2.05) is 0 Å². The number of hydrogen-bond donors (Lipinski definition) is 4. The molecule has 0 atom stereocenters. The van der Waals surface area contributed by atoms with Gasteiger partial charge in [0, 0.05) is 22.8 Å². The van der Waals surface area contributed by atoms with Gasteiger partial charge in [-0.05, 0) is 42.0 Å². The lowest BCUT2D eigenvalue weighted by molar-refractivity contribution is 0.102. The topological polar surface area (TPSA) is 158 Å². The van der Waals surface area contributed by atoms with E-state index in [0.717, 1.165) is 0 Å². The Balaban J connectivity index is 1.63. The van der Waals surface area contributed by atoms with Crippen LogP contribution >= 0.6 is 11.6 Å². The van der Waals surface area contributed by atoms with Gasteiger partial charge in [-0.15, -0.1) is 0 Å². The molecule has 38 heavy (non-hydrogen) atoms. The summed E-state index contributed by atoms with van der Waals surface area (Å²) in [6, 6.07) is 22.4. The van der Waals surface area contributed by atoms with E-state index in [2.05, 4.69) is 5.32 Å². The third-order valence-electron chi connectivity index (χ3n) is 5.53. The second-order valence-corrected chi connectivity index (χ2v) is 10.0. The zero-order chi connectivity index (χ0) is 27.4. The lowest BCUT2D eigenvalue weighted by Gasteiger charge is -2.15. The molecule has 1 amide bonds. The predicted molar refractivity (Wildman–Crippen MR) is 147 cm³/mol. The number of hydrogen-bond acceptors (Lipinski definition) is 6. The average molecular weight is 551 g/mol. The Morgan fingerprint density at radius 3 is 2.29 bits per heavy atom. The normalized spacial score (nSPS) is 11.0. The molecule has 0 spiro atoms. The van der Waals surface area contributed by atoms with Crippen molar-refractivity contribution < 1.29 is 22.7 Å². The van der Waals surface area contributed by atoms with Gasteiger partial charge in [0.05, 0.1) is 22.7 Å². The maximum Gasteiger partial charge on any atom is 0.255 e. The summed E-state index contributed by atoms with van der Waals surface area (Å²) in [6.45, 7) is 0. The molecule has 0 aliphatic rings. The molecule has 4 aromatic carbocycles. The molecule has 0 aliphatic heterocycles. The molecule has 0 heterocycles. The van der Waals surface area contributed by atoms with E-state index < -0.39 is 15.9 Å². The number of rotatable bonds is 8. The van der Waals surface area contributed by atoms with Crippen LogP contribution in [0.4, 0.5) is 5.69 Å².